The molecule has 1 aromatic heterocycles. The van der Waals surface area contributed by atoms with E-state index in [-0.39, 0.29) is 0 Å². The fourth-order valence-electron chi connectivity index (χ4n) is 1.25. The first-order valence-electron chi connectivity index (χ1n) is 4.66. The van der Waals surface area contributed by atoms with Crippen LogP contribution in [0.4, 0.5) is 5.13 Å². The molecule has 2 aromatic rings. The molecule has 15 heavy (non-hydrogen) atoms. The van der Waals surface area contributed by atoms with Gasteiger partial charge in [-0.15, -0.1) is 0 Å². The van der Waals surface area contributed by atoms with Crippen molar-refractivity contribution in [3.05, 3.63) is 30.5 Å². The molecule has 0 aliphatic rings. The van der Waals surface area contributed by atoms with Crippen LogP contribution in [-0.4, -0.2) is 12.1 Å². The molecule has 0 bridgehead atoms. The number of aromatic nitrogens is 1. The first kappa shape index (κ1) is 9.98. The van der Waals surface area contributed by atoms with Crippen LogP contribution in [0.5, 0.6) is 5.75 Å². The van der Waals surface area contributed by atoms with Gasteiger partial charge in [0.25, 0.3) is 0 Å². The van der Waals surface area contributed by atoms with Crippen molar-refractivity contribution in [2.45, 2.75) is 6.92 Å². The van der Waals surface area contributed by atoms with Crippen LogP contribution in [-0.2, 0) is 0 Å². The largest absolute Gasteiger partial charge is 0.497 e. The molecule has 0 radical (unpaired) electrons. The minimum atomic E-state index is 0.865. The smallest absolute Gasteiger partial charge is 0.187 e. The highest BCUT2D eigenvalue weighted by Gasteiger charge is 2.03. The second-order valence-corrected chi connectivity index (χ2v) is 4.03. The topological polar surface area (TPSA) is 34.2 Å². The van der Waals surface area contributed by atoms with E-state index in [4.69, 9.17) is 4.74 Å². The Hall–Kier alpha value is -1.55. The van der Waals surface area contributed by atoms with Crippen molar-refractivity contribution in [3.63, 3.8) is 0 Å². The highest BCUT2D eigenvalue weighted by Crippen LogP contribution is 2.28. The predicted octanol–water partition coefficient (Wildman–Crippen LogP) is 3.25. The van der Waals surface area contributed by atoms with E-state index in [0.29, 0.717) is 0 Å². The number of hydrogen-bond donors (Lipinski definition) is 1. The van der Waals surface area contributed by atoms with Crippen molar-refractivity contribution < 1.29 is 4.74 Å². The maximum Gasteiger partial charge on any atom is 0.187 e. The minimum Gasteiger partial charge on any atom is -0.497 e. The molecule has 0 saturated heterocycles. The Morgan fingerprint density at radius 2 is 2.33 bits per heavy atom. The summed E-state index contributed by atoms with van der Waals surface area (Å²) in [4.78, 5) is 4.43. The van der Waals surface area contributed by atoms with Gasteiger partial charge in [0.15, 0.2) is 5.13 Å². The molecule has 0 unspecified atom stereocenters. The van der Waals surface area contributed by atoms with Crippen LogP contribution in [0.25, 0.3) is 10.2 Å². The van der Waals surface area contributed by atoms with Gasteiger partial charge in [-0.3, -0.25) is 0 Å². The van der Waals surface area contributed by atoms with Crippen LogP contribution in [0, 0.1) is 0 Å². The molecule has 4 heteroatoms. The lowest BCUT2D eigenvalue weighted by atomic mass is 10.3. The van der Waals surface area contributed by atoms with E-state index in [0.717, 1.165) is 21.1 Å². The van der Waals surface area contributed by atoms with Crippen molar-refractivity contribution >= 4 is 26.7 Å². The van der Waals surface area contributed by atoms with Crippen LogP contribution in [0.15, 0.2) is 30.5 Å². The number of hydrogen-bond acceptors (Lipinski definition) is 4. The van der Waals surface area contributed by atoms with Crippen LogP contribution >= 0.6 is 11.3 Å². The van der Waals surface area contributed by atoms with Crippen LogP contribution in [0.1, 0.15) is 6.92 Å². The summed E-state index contributed by atoms with van der Waals surface area (Å²) in [7, 11) is 1.67. The molecular weight excluding hydrogens is 208 g/mol. The fourth-order valence-corrected chi connectivity index (χ4v) is 2.12. The molecule has 0 atom stereocenters. The first-order chi connectivity index (χ1) is 7.33. The van der Waals surface area contributed by atoms with Crippen molar-refractivity contribution in [1.82, 2.24) is 4.98 Å². The number of allylic oxidation sites excluding steroid dienone is 1. The number of fused-ring (bicyclic) bond motifs is 1. The lowest BCUT2D eigenvalue weighted by Gasteiger charge is -1.96. The van der Waals surface area contributed by atoms with Crippen LogP contribution < -0.4 is 10.1 Å². The Morgan fingerprint density at radius 3 is 3.07 bits per heavy atom. The molecule has 1 aromatic carbocycles. The Kier molecular flexibility index (Phi) is 2.87. The highest BCUT2D eigenvalue weighted by molar-refractivity contribution is 7.22. The number of ether oxygens (including phenoxy) is 1. The molecule has 0 spiro atoms. The van der Waals surface area contributed by atoms with Crippen molar-refractivity contribution in [2.75, 3.05) is 12.4 Å². The lowest BCUT2D eigenvalue weighted by molar-refractivity contribution is 0.415. The zero-order chi connectivity index (χ0) is 10.7. The van der Waals surface area contributed by atoms with E-state index in [1.807, 2.05) is 37.4 Å². The first-order valence-corrected chi connectivity index (χ1v) is 5.47. The number of benzene rings is 1. The number of anilines is 1. The average molecular weight is 220 g/mol. The maximum absolute atomic E-state index is 5.16. The van der Waals surface area contributed by atoms with Crippen LogP contribution in [0.2, 0.25) is 0 Å². The minimum absolute atomic E-state index is 0.865. The van der Waals surface area contributed by atoms with Crippen molar-refractivity contribution in [3.8, 4) is 5.75 Å². The molecule has 78 valence electrons. The standard InChI is InChI=1S/C11H12N2OS/c1-3-6-12-11-13-9-5-4-8(14-2)7-10(9)15-11/h3-7H,1-2H3,(H,12,13). The summed E-state index contributed by atoms with van der Waals surface area (Å²) in [5.74, 6) is 0.865. The summed E-state index contributed by atoms with van der Waals surface area (Å²) in [5, 5.41) is 4.01. The van der Waals surface area contributed by atoms with Crippen molar-refractivity contribution in [2.24, 2.45) is 0 Å². The van der Waals surface area contributed by atoms with E-state index in [1.165, 1.54) is 0 Å². The third-order valence-corrected chi connectivity index (χ3v) is 2.92. The zero-order valence-electron chi connectivity index (χ0n) is 8.65. The van der Waals surface area contributed by atoms with Gasteiger partial charge in [0, 0.05) is 0 Å². The summed E-state index contributed by atoms with van der Waals surface area (Å²) in [6.07, 6.45) is 3.81. The summed E-state index contributed by atoms with van der Waals surface area (Å²) >= 11 is 1.61. The Bertz CT molecular complexity index is 490. The van der Waals surface area contributed by atoms with Gasteiger partial charge in [-0.05, 0) is 31.3 Å². The molecule has 2 rings (SSSR count). The molecule has 0 amide bonds. The Balaban J connectivity index is 2.37. The molecule has 1 heterocycles. The Morgan fingerprint density at radius 1 is 1.47 bits per heavy atom. The Labute approximate surface area is 92.4 Å². The monoisotopic (exact) mass is 220 g/mol. The molecule has 0 aliphatic heterocycles. The normalized spacial score (nSPS) is 11.1. The van der Waals surface area contributed by atoms with Gasteiger partial charge >= 0.3 is 0 Å². The maximum atomic E-state index is 5.16. The second-order valence-electron chi connectivity index (χ2n) is 3.00. The quantitative estimate of drug-likeness (QED) is 0.862. The van der Waals surface area contributed by atoms with Gasteiger partial charge in [0.1, 0.15) is 5.75 Å². The zero-order valence-corrected chi connectivity index (χ0v) is 9.47. The van der Waals surface area contributed by atoms with Crippen molar-refractivity contribution in [1.29, 1.82) is 0 Å². The second kappa shape index (κ2) is 4.31. The third kappa shape index (κ3) is 2.10. The molecule has 1 N–H and O–H groups in total. The molecule has 0 aliphatic carbocycles. The SMILES string of the molecule is CC=CNc1nc2ccc(OC)cc2s1. The van der Waals surface area contributed by atoms with Gasteiger partial charge in [-0.1, -0.05) is 17.4 Å². The van der Waals surface area contributed by atoms with Gasteiger partial charge < -0.3 is 10.1 Å². The number of nitrogens with one attached hydrogen (secondary N) is 1. The summed E-state index contributed by atoms with van der Waals surface area (Å²) in [6.45, 7) is 1.96. The number of rotatable bonds is 3. The predicted molar refractivity (Wildman–Crippen MR) is 64.6 cm³/mol. The lowest BCUT2D eigenvalue weighted by Crippen LogP contribution is -1.83. The summed E-state index contributed by atoms with van der Waals surface area (Å²) in [6, 6.07) is 5.88. The highest BCUT2D eigenvalue weighted by atomic mass is 32.1. The molecule has 3 nitrogen and oxygen atoms in total. The van der Waals surface area contributed by atoms with E-state index in [2.05, 4.69) is 10.3 Å². The van der Waals surface area contributed by atoms with Gasteiger partial charge in [-0.2, -0.15) is 0 Å². The average Bonchev–Trinajstić information content (AvgIpc) is 2.67. The number of methoxy groups -OCH3 is 1. The third-order valence-electron chi connectivity index (χ3n) is 1.97. The van der Waals surface area contributed by atoms with Gasteiger partial charge in [0.05, 0.1) is 17.3 Å². The van der Waals surface area contributed by atoms with E-state index < -0.39 is 0 Å². The van der Waals surface area contributed by atoms with Gasteiger partial charge in [-0.25, -0.2) is 4.98 Å². The number of nitrogens with zero attached hydrogens (tertiary/aromatic N) is 1. The molecular formula is C11H12N2OS. The van der Waals surface area contributed by atoms with Gasteiger partial charge in [0.2, 0.25) is 0 Å². The van der Waals surface area contributed by atoms with E-state index in [9.17, 15) is 0 Å². The molecule has 0 fully saturated rings. The van der Waals surface area contributed by atoms with Crippen LogP contribution in [0.3, 0.4) is 0 Å². The molecule has 0 saturated carbocycles. The van der Waals surface area contributed by atoms with E-state index in [1.54, 1.807) is 18.4 Å². The number of thiazole rings is 1. The summed E-state index contributed by atoms with van der Waals surface area (Å²) in [5.41, 5.74) is 0.993. The fraction of sp³-hybridized carbons (Fsp3) is 0.182. The van der Waals surface area contributed by atoms with E-state index >= 15 is 0 Å². The summed E-state index contributed by atoms with van der Waals surface area (Å²) < 4.78 is 6.28.